The van der Waals surface area contributed by atoms with Gasteiger partial charge in [-0.2, -0.15) is 0 Å². The lowest BCUT2D eigenvalue weighted by atomic mass is 9.71. The van der Waals surface area contributed by atoms with Crippen molar-refractivity contribution in [1.82, 2.24) is 0 Å². The molecule has 214 valence electrons. The maximum Gasteiger partial charge on any atom is 0.166 e. The average Bonchev–Trinajstić information content (AvgIpc) is 3.01. The first-order chi connectivity index (χ1) is 20.0. The van der Waals surface area contributed by atoms with Crippen LogP contribution >= 0.6 is 0 Å². The number of halogens is 3. The largest absolute Gasteiger partial charge is 0.206 e. The van der Waals surface area contributed by atoms with Gasteiger partial charge in [-0.1, -0.05) is 72.8 Å². The molecule has 41 heavy (non-hydrogen) atoms. The van der Waals surface area contributed by atoms with Crippen molar-refractivity contribution < 1.29 is 13.2 Å². The Labute approximate surface area is 243 Å². The van der Waals surface area contributed by atoms with Gasteiger partial charge in [-0.3, -0.25) is 0 Å². The summed E-state index contributed by atoms with van der Waals surface area (Å²) in [6.45, 7) is 5.91. The Morgan fingerprint density at radius 3 is 2.15 bits per heavy atom. The number of aryl methyl sites for hydroxylation is 1. The number of benzene rings is 3. The highest BCUT2D eigenvalue weighted by Crippen LogP contribution is 2.42. The zero-order valence-electron chi connectivity index (χ0n) is 24.1. The summed E-state index contributed by atoms with van der Waals surface area (Å²) < 4.78 is 45.0. The smallest absolute Gasteiger partial charge is 0.166 e. The first-order valence-electron chi connectivity index (χ1n) is 15.3. The molecular formula is C38H41F3. The monoisotopic (exact) mass is 554 g/mol. The van der Waals surface area contributed by atoms with Crippen LogP contribution in [-0.2, 0) is 6.42 Å². The van der Waals surface area contributed by atoms with E-state index >= 15 is 4.39 Å². The SMILES string of the molecule is C=CC1CCC(C2CC=C(c3ccc(-c4ccc(-c5ccc(CCC/C=C\C)c(F)c5F)cc4)cc3F)CC2)CC1. The van der Waals surface area contributed by atoms with Gasteiger partial charge in [-0.25, -0.2) is 13.2 Å². The molecule has 0 bridgehead atoms. The first-order valence-corrected chi connectivity index (χ1v) is 15.3. The topological polar surface area (TPSA) is 0 Å². The summed E-state index contributed by atoms with van der Waals surface area (Å²) in [4.78, 5) is 0. The quantitative estimate of drug-likeness (QED) is 0.182. The van der Waals surface area contributed by atoms with Crippen LogP contribution in [0.3, 0.4) is 0 Å². The second kappa shape index (κ2) is 13.6. The van der Waals surface area contributed by atoms with E-state index in [2.05, 4.69) is 18.7 Å². The van der Waals surface area contributed by atoms with Crippen molar-refractivity contribution in [2.24, 2.45) is 17.8 Å². The predicted octanol–water partition coefficient (Wildman–Crippen LogP) is 11.5. The van der Waals surface area contributed by atoms with E-state index < -0.39 is 11.6 Å². The van der Waals surface area contributed by atoms with E-state index in [0.717, 1.165) is 54.7 Å². The number of rotatable bonds is 9. The molecule has 2 aliphatic carbocycles. The molecule has 5 rings (SSSR count). The van der Waals surface area contributed by atoms with Gasteiger partial charge in [0.05, 0.1) is 0 Å². The molecule has 0 heterocycles. The van der Waals surface area contributed by atoms with Crippen LogP contribution in [-0.4, -0.2) is 0 Å². The van der Waals surface area contributed by atoms with Crippen LogP contribution < -0.4 is 0 Å². The Kier molecular flexibility index (Phi) is 9.64. The summed E-state index contributed by atoms with van der Waals surface area (Å²) in [6.07, 6.45) is 18.7. The summed E-state index contributed by atoms with van der Waals surface area (Å²) in [6, 6.07) is 16.0. The normalized spacial score (nSPS) is 21.2. The molecule has 3 heteroatoms. The molecule has 0 spiro atoms. The highest BCUT2D eigenvalue weighted by atomic mass is 19.2. The Morgan fingerprint density at radius 1 is 0.780 bits per heavy atom. The van der Waals surface area contributed by atoms with E-state index in [1.165, 1.54) is 25.7 Å². The Hall–Kier alpha value is -3.33. The third kappa shape index (κ3) is 6.77. The van der Waals surface area contributed by atoms with Crippen molar-refractivity contribution in [1.29, 1.82) is 0 Å². The van der Waals surface area contributed by atoms with Crippen LogP contribution in [0.25, 0.3) is 27.8 Å². The summed E-state index contributed by atoms with van der Waals surface area (Å²) in [7, 11) is 0. The van der Waals surface area contributed by atoms with Gasteiger partial charge >= 0.3 is 0 Å². The third-order valence-electron chi connectivity index (χ3n) is 9.33. The van der Waals surface area contributed by atoms with E-state index in [-0.39, 0.29) is 11.4 Å². The van der Waals surface area contributed by atoms with E-state index in [1.807, 2.05) is 43.3 Å². The van der Waals surface area contributed by atoms with Crippen molar-refractivity contribution in [3.05, 3.63) is 114 Å². The highest BCUT2D eigenvalue weighted by Gasteiger charge is 2.28. The maximum absolute atomic E-state index is 15.3. The van der Waals surface area contributed by atoms with E-state index in [1.54, 1.807) is 30.3 Å². The third-order valence-corrected chi connectivity index (χ3v) is 9.33. The van der Waals surface area contributed by atoms with Gasteiger partial charge in [0, 0.05) is 11.1 Å². The van der Waals surface area contributed by atoms with Gasteiger partial charge in [-0.05, 0) is 123 Å². The molecular weight excluding hydrogens is 513 g/mol. The lowest BCUT2D eigenvalue weighted by molar-refractivity contribution is 0.212. The molecule has 1 fully saturated rings. The average molecular weight is 555 g/mol. The molecule has 0 amide bonds. The van der Waals surface area contributed by atoms with Gasteiger partial charge in [-0.15, -0.1) is 6.58 Å². The number of hydrogen-bond donors (Lipinski definition) is 0. The first kappa shape index (κ1) is 29.2. The zero-order chi connectivity index (χ0) is 28.8. The fourth-order valence-electron chi connectivity index (χ4n) is 6.76. The molecule has 1 atom stereocenters. The van der Waals surface area contributed by atoms with Crippen molar-refractivity contribution in [2.45, 2.75) is 71.1 Å². The number of allylic oxidation sites excluding steroid dienone is 5. The van der Waals surface area contributed by atoms with Crippen LogP contribution in [0.4, 0.5) is 13.2 Å². The van der Waals surface area contributed by atoms with Crippen LogP contribution in [0.1, 0.15) is 75.8 Å². The fraction of sp³-hybridized carbons (Fsp3) is 0.368. The van der Waals surface area contributed by atoms with Gasteiger partial charge in [0.2, 0.25) is 0 Å². The lowest BCUT2D eigenvalue weighted by Crippen LogP contribution is -2.22. The van der Waals surface area contributed by atoms with Crippen LogP contribution in [0.15, 0.2) is 85.5 Å². The predicted molar refractivity (Wildman–Crippen MR) is 166 cm³/mol. The van der Waals surface area contributed by atoms with Crippen LogP contribution in [0.5, 0.6) is 0 Å². The van der Waals surface area contributed by atoms with E-state index in [9.17, 15) is 8.78 Å². The highest BCUT2D eigenvalue weighted by molar-refractivity contribution is 5.74. The molecule has 1 unspecified atom stereocenters. The second-order valence-corrected chi connectivity index (χ2v) is 11.8. The van der Waals surface area contributed by atoms with Gasteiger partial charge in [0.1, 0.15) is 5.82 Å². The van der Waals surface area contributed by atoms with Crippen molar-refractivity contribution in [3.63, 3.8) is 0 Å². The minimum atomic E-state index is -0.816. The van der Waals surface area contributed by atoms with Gasteiger partial charge in [0.25, 0.3) is 0 Å². The summed E-state index contributed by atoms with van der Waals surface area (Å²) >= 11 is 0. The van der Waals surface area contributed by atoms with E-state index in [4.69, 9.17) is 0 Å². The molecule has 2 aliphatic rings. The molecule has 0 saturated heterocycles. The molecule has 0 radical (unpaired) electrons. The second-order valence-electron chi connectivity index (χ2n) is 11.8. The Balaban J connectivity index is 1.25. The number of hydrogen-bond acceptors (Lipinski definition) is 0. The molecule has 3 aromatic carbocycles. The van der Waals surface area contributed by atoms with E-state index in [0.29, 0.717) is 34.9 Å². The summed E-state index contributed by atoms with van der Waals surface area (Å²) in [5, 5.41) is 0. The minimum Gasteiger partial charge on any atom is -0.206 e. The van der Waals surface area contributed by atoms with Gasteiger partial charge < -0.3 is 0 Å². The molecule has 0 aliphatic heterocycles. The van der Waals surface area contributed by atoms with Crippen molar-refractivity contribution >= 4 is 5.57 Å². The van der Waals surface area contributed by atoms with Crippen molar-refractivity contribution in [2.75, 3.05) is 0 Å². The molecule has 3 aromatic rings. The summed E-state index contributed by atoms with van der Waals surface area (Å²) in [5.74, 6) is 0.389. The van der Waals surface area contributed by atoms with Crippen molar-refractivity contribution in [3.8, 4) is 22.3 Å². The number of unbranched alkanes of at least 4 members (excludes halogenated alkanes) is 1. The Morgan fingerprint density at radius 2 is 1.49 bits per heavy atom. The molecule has 0 aromatic heterocycles. The lowest BCUT2D eigenvalue weighted by Gasteiger charge is -2.34. The van der Waals surface area contributed by atoms with Gasteiger partial charge in [0.15, 0.2) is 11.6 Å². The van der Waals surface area contributed by atoms with Crippen LogP contribution in [0.2, 0.25) is 0 Å². The van der Waals surface area contributed by atoms with Crippen LogP contribution in [0, 0.1) is 35.2 Å². The molecule has 0 nitrogen and oxygen atoms in total. The minimum absolute atomic E-state index is 0.208. The fourth-order valence-corrected chi connectivity index (χ4v) is 6.76. The molecule has 0 N–H and O–H groups in total. The standard InChI is InChI=1S/C38H41F3/c1-3-5-6-7-8-32-21-24-35(38(41)37(32)40)31-19-15-29(16-20-31)33-22-23-34(36(39)25-33)30-17-13-28(14-18-30)27-11-9-26(4-2)10-12-27/h3-5,15-17,19-28H,2,6-14,18H2,1H3/b5-3-. The summed E-state index contributed by atoms with van der Waals surface area (Å²) in [5.41, 5.74) is 4.67. The zero-order valence-corrected chi connectivity index (χ0v) is 24.1. The Bertz CT molecular complexity index is 1400. The maximum atomic E-state index is 15.3. The molecule has 1 saturated carbocycles.